The van der Waals surface area contributed by atoms with Crippen molar-refractivity contribution in [1.82, 2.24) is 10.6 Å². The normalized spacial score (nSPS) is 22.3. The second-order valence-electron chi connectivity index (χ2n) is 12.2. The summed E-state index contributed by atoms with van der Waals surface area (Å²) in [5.41, 5.74) is -1.95. The van der Waals surface area contributed by atoms with Gasteiger partial charge in [0.1, 0.15) is 6.10 Å². The molecule has 1 saturated heterocycles. The van der Waals surface area contributed by atoms with E-state index < -0.39 is 28.7 Å². The van der Waals surface area contributed by atoms with Crippen molar-refractivity contribution in [2.75, 3.05) is 19.7 Å². The summed E-state index contributed by atoms with van der Waals surface area (Å²) >= 11 is 0. The van der Waals surface area contributed by atoms with Crippen LogP contribution >= 0.6 is 0 Å². The van der Waals surface area contributed by atoms with Gasteiger partial charge in [-0.05, 0) is 39.0 Å². The highest BCUT2D eigenvalue weighted by Crippen LogP contribution is 2.35. The molecule has 0 aromatic carbocycles. The third-order valence-electron chi connectivity index (χ3n) is 6.74. The number of nitrogens with one attached hydrogen (secondary N) is 2. The average molecular weight is 485 g/mol. The zero-order valence-corrected chi connectivity index (χ0v) is 22.8. The van der Waals surface area contributed by atoms with Crippen LogP contribution in [0.15, 0.2) is 0 Å². The largest absolute Gasteiger partial charge is 0.481 e. The Balaban J connectivity index is 2.73. The number of carbonyl (C=O) groups excluding carboxylic acids is 2. The van der Waals surface area contributed by atoms with Crippen LogP contribution in [-0.2, 0) is 23.9 Å². The highest BCUT2D eigenvalue weighted by atomic mass is 16.7. The molecular weight excluding hydrogens is 436 g/mol. The zero-order chi connectivity index (χ0) is 26.4. The highest BCUT2D eigenvalue weighted by Gasteiger charge is 2.46. The maximum atomic E-state index is 12.9. The van der Waals surface area contributed by atoms with Crippen molar-refractivity contribution in [3.63, 3.8) is 0 Å². The third kappa shape index (κ3) is 8.84. The summed E-state index contributed by atoms with van der Waals surface area (Å²) in [6.45, 7) is 17.7. The molecule has 8 heteroatoms. The fourth-order valence-electron chi connectivity index (χ4n) is 4.11. The van der Waals surface area contributed by atoms with E-state index >= 15 is 0 Å². The summed E-state index contributed by atoms with van der Waals surface area (Å²) in [5.74, 6) is -2.45. The van der Waals surface area contributed by atoms with Crippen molar-refractivity contribution in [3.05, 3.63) is 0 Å². The maximum Gasteiger partial charge on any atom is 0.311 e. The lowest BCUT2D eigenvalue weighted by atomic mass is 9.77. The quantitative estimate of drug-likeness (QED) is 0.359. The van der Waals surface area contributed by atoms with E-state index in [2.05, 4.69) is 38.3 Å². The Kier molecular flexibility index (Phi) is 10.6. The summed E-state index contributed by atoms with van der Waals surface area (Å²) < 4.78 is 11.5. The molecule has 0 spiro atoms. The number of carboxylic acids is 1. The van der Waals surface area contributed by atoms with E-state index in [9.17, 15) is 19.5 Å². The van der Waals surface area contributed by atoms with Gasteiger partial charge in [0.05, 0.1) is 12.0 Å². The summed E-state index contributed by atoms with van der Waals surface area (Å²) in [6, 6.07) is 0. The predicted octanol–water partition coefficient (Wildman–Crippen LogP) is 4.12. The minimum atomic E-state index is -1.23. The molecule has 0 radical (unpaired) electrons. The monoisotopic (exact) mass is 484 g/mol. The molecule has 1 aliphatic heterocycles. The molecule has 0 aromatic rings. The molecule has 3 N–H and O–H groups in total. The lowest BCUT2D eigenvalue weighted by Gasteiger charge is -2.45. The molecule has 0 aromatic heterocycles. The summed E-state index contributed by atoms with van der Waals surface area (Å²) in [7, 11) is 0. The number of carboxylic acid groups (broad SMARTS) is 1. The van der Waals surface area contributed by atoms with Gasteiger partial charge < -0.3 is 25.2 Å². The first kappa shape index (κ1) is 30.4. The summed E-state index contributed by atoms with van der Waals surface area (Å²) in [5, 5.41) is 15.6. The molecule has 198 valence electrons. The van der Waals surface area contributed by atoms with Crippen molar-refractivity contribution < 1.29 is 29.0 Å². The number of aliphatic carboxylic acids is 1. The van der Waals surface area contributed by atoms with Crippen LogP contribution in [0.25, 0.3) is 0 Å². The van der Waals surface area contributed by atoms with E-state index in [1.165, 1.54) is 0 Å². The number of amides is 2. The first-order valence-electron chi connectivity index (χ1n) is 12.6. The first-order valence-corrected chi connectivity index (χ1v) is 12.6. The lowest BCUT2D eigenvalue weighted by molar-refractivity contribution is -0.304. The fourth-order valence-corrected chi connectivity index (χ4v) is 4.11. The third-order valence-corrected chi connectivity index (χ3v) is 6.74. The van der Waals surface area contributed by atoms with Crippen LogP contribution in [0.2, 0.25) is 0 Å². The van der Waals surface area contributed by atoms with Crippen LogP contribution in [0.3, 0.4) is 0 Å². The second kappa shape index (κ2) is 11.8. The van der Waals surface area contributed by atoms with Crippen molar-refractivity contribution in [2.45, 2.75) is 106 Å². The number of ether oxygens (including phenoxy) is 2. The van der Waals surface area contributed by atoms with Crippen molar-refractivity contribution >= 4 is 17.8 Å². The van der Waals surface area contributed by atoms with Crippen molar-refractivity contribution in [3.8, 4) is 0 Å². The second-order valence-corrected chi connectivity index (χ2v) is 12.2. The molecule has 0 aliphatic carbocycles. The van der Waals surface area contributed by atoms with Crippen LogP contribution < -0.4 is 10.6 Å². The van der Waals surface area contributed by atoms with E-state index in [-0.39, 0.29) is 42.7 Å². The van der Waals surface area contributed by atoms with E-state index in [1.54, 1.807) is 20.8 Å². The molecule has 3 atom stereocenters. The minimum absolute atomic E-state index is 0.0417. The van der Waals surface area contributed by atoms with Crippen LogP contribution in [0.4, 0.5) is 0 Å². The molecule has 8 nitrogen and oxygen atoms in total. The SMILES string of the molecule is CCCCCC(C(=O)NCCC(C)(CNC(=O)C1OC(C)(C)OCC1(C)C)C(=O)O)C(C)(C)C. The number of rotatable bonds is 12. The van der Waals surface area contributed by atoms with Gasteiger partial charge in [0, 0.05) is 24.4 Å². The van der Waals surface area contributed by atoms with Gasteiger partial charge >= 0.3 is 5.97 Å². The molecule has 34 heavy (non-hydrogen) atoms. The Morgan fingerprint density at radius 2 is 1.68 bits per heavy atom. The molecular formula is C26H48N2O6. The van der Waals surface area contributed by atoms with Gasteiger partial charge in [0.15, 0.2) is 5.79 Å². The Morgan fingerprint density at radius 1 is 1.06 bits per heavy atom. The van der Waals surface area contributed by atoms with E-state index in [1.807, 2.05) is 13.8 Å². The van der Waals surface area contributed by atoms with Gasteiger partial charge in [0.25, 0.3) is 0 Å². The molecule has 1 fully saturated rings. The van der Waals surface area contributed by atoms with Gasteiger partial charge in [-0.3, -0.25) is 14.4 Å². The van der Waals surface area contributed by atoms with Crippen LogP contribution in [0.1, 0.15) is 94.4 Å². The van der Waals surface area contributed by atoms with Gasteiger partial charge in [0.2, 0.25) is 11.8 Å². The summed E-state index contributed by atoms with van der Waals surface area (Å²) in [6.07, 6.45) is 3.42. The smallest absolute Gasteiger partial charge is 0.311 e. The van der Waals surface area contributed by atoms with Gasteiger partial charge in [-0.25, -0.2) is 0 Å². The lowest BCUT2D eigenvalue weighted by Crippen LogP contribution is -2.57. The highest BCUT2D eigenvalue weighted by molar-refractivity contribution is 5.83. The number of carbonyl (C=O) groups is 3. The Bertz CT molecular complexity index is 713. The molecule has 3 unspecified atom stereocenters. The topological polar surface area (TPSA) is 114 Å². The standard InChI is InChI=1S/C26H48N2O6/c1-10-11-12-13-18(23(2,3)4)20(29)27-15-14-26(9,22(31)32)16-28-21(30)19-24(5,6)17-33-25(7,8)34-19/h18-19H,10-17H2,1-9H3,(H,27,29)(H,28,30)(H,31,32). The average Bonchev–Trinajstić information content (AvgIpc) is 2.70. The molecule has 0 saturated carbocycles. The maximum absolute atomic E-state index is 12.9. The van der Waals surface area contributed by atoms with Crippen LogP contribution in [0, 0.1) is 22.2 Å². The van der Waals surface area contributed by atoms with E-state index in [0.29, 0.717) is 6.61 Å². The fraction of sp³-hybridized carbons (Fsp3) is 0.885. The van der Waals surface area contributed by atoms with E-state index in [4.69, 9.17) is 9.47 Å². The first-order chi connectivity index (χ1) is 15.4. The number of unbranched alkanes of at least 4 members (excludes halogenated alkanes) is 2. The molecule has 1 aliphatic rings. The predicted molar refractivity (Wildman–Crippen MR) is 132 cm³/mol. The van der Waals surface area contributed by atoms with E-state index in [0.717, 1.165) is 25.7 Å². The van der Waals surface area contributed by atoms with Crippen molar-refractivity contribution in [1.29, 1.82) is 0 Å². The van der Waals surface area contributed by atoms with Crippen LogP contribution in [0.5, 0.6) is 0 Å². The summed E-state index contributed by atoms with van der Waals surface area (Å²) in [4.78, 5) is 37.9. The van der Waals surface area contributed by atoms with Crippen LogP contribution in [-0.4, -0.2) is 54.5 Å². The zero-order valence-electron chi connectivity index (χ0n) is 22.8. The Labute approximate surface area is 205 Å². The van der Waals surface area contributed by atoms with Gasteiger partial charge in [-0.2, -0.15) is 0 Å². The number of hydrogen-bond acceptors (Lipinski definition) is 5. The minimum Gasteiger partial charge on any atom is -0.481 e. The molecule has 1 heterocycles. The molecule has 0 bridgehead atoms. The Hall–Kier alpha value is -1.67. The van der Waals surface area contributed by atoms with Gasteiger partial charge in [-0.15, -0.1) is 0 Å². The molecule has 1 rings (SSSR count). The molecule has 2 amide bonds. The Morgan fingerprint density at radius 3 is 2.21 bits per heavy atom. The van der Waals surface area contributed by atoms with Crippen molar-refractivity contribution in [2.24, 2.45) is 22.2 Å². The number of hydrogen-bond donors (Lipinski definition) is 3. The van der Waals surface area contributed by atoms with Gasteiger partial charge in [-0.1, -0.05) is 60.8 Å².